The van der Waals surface area contributed by atoms with E-state index in [2.05, 4.69) is 28.6 Å². The van der Waals surface area contributed by atoms with Crippen LogP contribution in [-0.2, 0) is 24.0 Å². The Morgan fingerprint density at radius 3 is 2.03 bits per heavy atom. The highest BCUT2D eigenvalue weighted by molar-refractivity contribution is 7.98. The monoisotopic (exact) mass is 467 g/mol. The van der Waals surface area contributed by atoms with Gasteiger partial charge in [0, 0.05) is 5.75 Å². The third-order valence-corrected chi connectivity index (χ3v) is 4.88. The maximum Gasteiger partial charge on any atom is 0.326 e. The number of primary amides is 1. The summed E-state index contributed by atoms with van der Waals surface area (Å²) >= 11 is 5.44. The molecule has 0 aromatic heterocycles. The van der Waals surface area contributed by atoms with Crippen LogP contribution >= 0.6 is 24.4 Å². The molecule has 0 saturated carbocycles. The third kappa shape index (κ3) is 10.1. The predicted molar refractivity (Wildman–Crippen MR) is 114 cm³/mol. The maximum atomic E-state index is 12.5. The SMILES string of the molecule is CSCCC(N)C(=O)NC(C(=O)NC(CS)C(=O)NC(CC(N)=O)C(=O)O)C(C)O. The number of amides is 4. The molecule has 0 radical (unpaired) electrons. The van der Waals surface area contributed by atoms with Crippen LogP contribution in [0.2, 0.25) is 0 Å². The van der Waals surface area contributed by atoms with Crippen LogP contribution in [0.15, 0.2) is 0 Å². The molecule has 12 nitrogen and oxygen atoms in total. The first kappa shape index (κ1) is 28.0. The van der Waals surface area contributed by atoms with Crippen molar-refractivity contribution in [2.45, 2.75) is 50.0 Å². The van der Waals surface area contributed by atoms with Gasteiger partial charge in [0.15, 0.2) is 0 Å². The number of aliphatic hydroxyl groups excluding tert-OH is 1. The third-order valence-electron chi connectivity index (χ3n) is 3.87. The van der Waals surface area contributed by atoms with Crippen molar-refractivity contribution in [1.29, 1.82) is 0 Å². The zero-order valence-electron chi connectivity index (χ0n) is 16.7. The first-order chi connectivity index (χ1) is 13.9. The molecule has 0 fully saturated rings. The fourth-order valence-electron chi connectivity index (χ4n) is 2.17. The van der Waals surface area contributed by atoms with Gasteiger partial charge in [-0.15, -0.1) is 0 Å². The normalized spacial score (nSPS) is 15.8. The number of nitrogens with two attached hydrogens (primary N) is 2. The number of thiol groups is 1. The topological polar surface area (TPSA) is 214 Å². The summed E-state index contributed by atoms with van der Waals surface area (Å²) < 4.78 is 0. The molecule has 30 heavy (non-hydrogen) atoms. The molecule has 0 aromatic rings. The molecule has 0 spiro atoms. The summed E-state index contributed by atoms with van der Waals surface area (Å²) in [7, 11) is 0. The lowest BCUT2D eigenvalue weighted by Gasteiger charge is -2.25. The lowest BCUT2D eigenvalue weighted by atomic mass is 10.1. The molecule has 0 aromatic carbocycles. The fourth-order valence-corrected chi connectivity index (χ4v) is 2.92. The average Bonchev–Trinajstić information content (AvgIpc) is 2.66. The first-order valence-corrected chi connectivity index (χ1v) is 10.9. The molecule has 172 valence electrons. The highest BCUT2D eigenvalue weighted by Gasteiger charge is 2.32. The van der Waals surface area contributed by atoms with Gasteiger partial charge in [-0.3, -0.25) is 19.2 Å². The Labute approximate surface area is 183 Å². The van der Waals surface area contributed by atoms with Crippen molar-refractivity contribution in [2.24, 2.45) is 11.5 Å². The minimum atomic E-state index is -1.59. The number of nitrogens with one attached hydrogen (secondary N) is 3. The molecule has 14 heteroatoms. The first-order valence-electron chi connectivity index (χ1n) is 8.90. The van der Waals surface area contributed by atoms with E-state index in [1.807, 2.05) is 6.26 Å². The molecule has 9 N–H and O–H groups in total. The van der Waals surface area contributed by atoms with E-state index in [4.69, 9.17) is 16.6 Å². The summed E-state index contributed by atoms with van der Waals surface area (Å²) in [5, 5.41) is 25.6. The molecule has 5 atom stereocenters. The van der Waals surface area contributed by atoms with Crippen molar-refractivity contribution in [3.05, 3.63) is 0 Å². The number of aliphatic hydroxyl groups is 1. The van der Waals surface area contributed by atoms with Crippen LogP contribution in [0.4, 0.5) is 0 Å². The standard InChI is InChI=1S/C16H29N5O7S2/c1-7(22)12(21-13(24)8(17)3-4-30-2)15(26)20-10(6-29)14(25)19-9(16(27)28)5-11(18)23/h7-10,12,22,29H,3-6,17H2,1-2H3,(H2,18,23)(H,19,25)(H,20,26)(H,21,24)(H,27,28). The average molecular weight is 468 g/mol. The Bertz CT molecular complexity index is 635. The van der Waals surface area contributed by atoms with Crippen LogP contribution in [0.1, 0.15) is 19.8 Å². The van der Waals surface area contributed by atoms with Gasteiger partial charge < -0.3 is 37.6 Å². The van der Waals surface area contributed by atoms with Crippen molar-refractivity contribution in [3.8, 4) is 0 Å². The zero-order chi connectivity index (χ0) is 23.4. The Kier molecular flexibility index (Phi) is 13.1. The highest BCUT2D eigenvalue weighted by atomic mass is 32.2. The van der Waals surface area contributed by atoms with Gasteiger partial charge in [0.05, 0.1) is 18.6 Å². The van der Waals surface area contributed by atoms with Gasteiger partial charge >= 0.3 is 5.97 Å². The van der Waals surface area contributed by atoms with E-state index in [0.717, 1.165) is 0 Å². The molecule has 0 heterocycles. The summed E-state index contributed by atoms with van der Waals surface area (Å²) in [6.07, 6.45) is 0.248. The van der Waals surface area contributed by atoms with Crippen LogP contribution in [0.5, 0.6) is 0 Å². The van der Waals surface area contributed by atoms with Gasteiger partial charge in [-0.1, -0.05) is 0 Å². The molecule has 0 bridgehead atoms. The fraction of sp³-hybridized carbons (Fsp3) is 0.688. The van der Waals surface area contributed by atoms with Crippen LogP contribution in [-0.4, -0.2) is 87.8 Å². The van der Waals surface area contributed by atoms with Crippen molar-refractivity contribution in [3.63, 3.8) is 0 Å². The van der Waals surface area contributed by atoms with Crippen LogP contribution in [0, 0.1) is 0 Å². The Balaban J connectivity index is 5.13. The van der Waals surface area contributed by atoms with Crippen LogP contribution in [0.25, 0.3) is 0 Å². The van der Waals surface area contributed by atoms with Crippen molar-refractivity contribution in [2.75, 3.05) is 17.8 Å². The van der Waals surface area contributed by atoms with Crippen LogP contribution < -0.4 is 27.4 Å². The van der Waals surface area contributed by atoms with Gasteiger partial charge in [0.25, 0.3) is 0 Å². The molecule has 0 aliphatic rings. The second-order valence-corrected chi connectivity index (χ2v) is 7.78. The molecular weight excluding hydrogens is 438 g/mol. The summed E-state index contributed by atoms with van der Waals surface area (Å²) in [6, 6.07) is -5.19. The molecular formula is C16H29N5O7S2. The van der Waals surface area contributed by atoms with E-state index in [0.29, 0.717) is 12.2 Å². The molecule has 0 aliphatic carbocycles. The zero-order valence-corrected chi connectivity index (χ0v) is 18.4. The number of carbonyl (C=O) groups is 5. The predicted octanol–water partition coefficient (Wildman–Crippen LogP) is -3.21. The summed E-state index contributed by atoms with van der Waals surface area (Å²) in [6.45, 7) is 1.26. The van der Waals surface area contributed by atoms with Crippen molar-refractivity contribution < 1.29 is 34.2 Å². The minimum Gasteiger partial charge on any atom is -0.480 e. The largest absolute Gasteiger partial charge is 0.480 e. The van der Waals surface area contributed by atoms with Gasteiger partial charge in [0.1, 0.15) is 18.1 Å². The molecule has 5 unspecified atom stereocenters. The van der Waals surface area contributed by atoms with Gasteiger partial charge in [-0.2, -0.15) is 24.4 Å². The van der Waals surface area contributed by atoms with E-state index in [1.165, 1.54) is 18.7 Å². The second kappa shape index (κ2) is 14.1. The summed E-state index contributed by atoms with van der Waals surface area (Å²) in [5.41, 5.74) is 10.7. The van der Waals surface area contributed by atoms with E-state index in [-0.39, 0.29) is 5.75 Å². The number of carboxylic acid groups (broad SMARTS) is 1. The Morgan fingerprint density at radius 1 is 1.03 bits per heavy atom. The Morgan fingerprint density at radius 2 is 1.60 bits per heavy atom. The van der Waals surface area contributed by atoms with Crippen LogP contribution in [0.3, 0.4) is 0 Å². The number of hydrogen-bond donors (Lipinski definition) is 8. The minimum absolute atomic E-state index is 0.228. The maximum absolute atomic E-state index is 12.5. The molecule has 0 rings (SSSR count). The number of aliphatic carboxylic acids is 1. The van der Waals surface area contributed by atoms with Gasteiger partial charge in [-0.25, -0.2) is 4.79 Å². The second-order valence-electron chi connectivity index (χ2n) is 6.43. The summed E-state index contributed by atoms with van der Waals surface area (Å²) in [4.78, 5) is 59.0. The molecule has 0 aliphatic heterocycles. The van der Waals surface area contributed by atoms with Gasteiger partial charge in [-0.05, 0) is 25.4 Å². The lowest BCUT2D eigenvalue weighted by Crippen LogP contribution is -2.60. The summed E-state index contributed by atoms with van der Waals surface area (Å²) in [5.74, 6) is -4.51. The smallest absolute Gasteiger partial charge is 0.326 e. The number of rotatable bonds is 14. The Hall–Kier alpha value is -2.03. The number of thioether (sulfide) groups is 1. The van der Waals surface area contributed by atoms with E-state index >= 15 is 0 Å². The van der Waals surface area contributed by atoms with Gasteiger partial charge in [0.2, 0.25) is 23.6 Å². The number of carbonyl (C=O) groups excluding carboxylic acids is 4. The van der Waals surface area contributed by atoms with Crippen molar-refractivity contribution in [1.82, 2.24) is 16.0 Å². The highest BCUT2D eigenvalue weighted by Crippen LogP contribution is 2.02. The van der Waals surface area contributed by atoms with Crippen molar-refractivity contribution >= 4 is 54.0 Å². The quantitative estimate of drug-likeness (QED) is 0.120. The lowest BCUT2D eigenvalue weighted by molar-refractivity contribution is -0.143. The molecule has 0 saturated heterocycles. The number of hydrogen-bond acceptors (Lipinski definition) is 9. The van der Waals surface area contributed by atoms with E-state index in [1.54, 1.807) is 0 Å². The van der Waals surface area contributed by atoms with E-state index in [9.17, 15) is 29.1 Å². The number of carboxylic acids is 1. The van der Waals surface area contributed by atoms with E-state index < -0.39 is 66.3 Å². The molecule has 4 amide bonds.